The fraction of sp³-hybridized carbons (Fsp3) is 0.357. The van der Waals surface area contributed by atoms with E-state index in [2.05, 4.69) is 21.2 Å². The lowest BCUT2D eigenvalue weighted by Crippen LogP contribution is -2.26. The first-order valence-electron chi connectivity index (χ1n) is 6.20. The zero-order chi connectivity index (χ0) is 14.5. The Balaban J connectivity index is 1.94. The predicted molar refractivity (Wildman–Crippen MR) is 83.3 cm³/mol. The maximum Gasteiger partial charge on any atom is 0.261 e. The summed E-state index contributed by atoms with van der Waals surface area (Å²) in [5, 5.41) is 3.74. The normalized spacial score (nSPS) is 12.6. The van der Waals surface area contributed by atoms with Crippen LogP contribution in [-0.2, 0) is 4.74 Å². The van der Waals surface area contributed by atoms with Crippen LogP contribution in [0.3, 0.4) is 0 Å². The fourth-order valence-corrected chi connectivity index (χ4v) is 3.31. The third kappa shape index (κ3) is 4.01. The molecule has 0 saturated carbocycles. The summed E-state index contributed by atoms with van der Waals surface area (Å²) < 4.78 is 18.9. The number of carbonyl (C=O) groups excluding carboxylic acids is 1. The highest BCUT2D eigenvalue weighted by Gasteiger charge is 2.11. The highest BCUT2D eigenvalue weighted by molar-refractivity contribution is 9.09. The summed E-state index contributed by atoms with van der Waals surface area (Å²) in [6.07, 6.45) is 0.791. The minimum absolute atomic E-state index is 0.122. The number of halogens is 2. The Morgan fingerprint density at radius 1 is 1.50 bits per heavy atom. The van der Waals surface area contributed by atoms with Crippen LogP contribution in [0.25, 0.3) is 10.1 Å². The van der Waals surface area contributed by atoms with Gasteiger partial charge in [0.15, 0.2) is 0 Å². The third-order valence-electron chi connectivity index (χ3n) is 2.80. The monoisotopic (exact) mass is 359 g/mol. The number of amides is 1. The molecule has 0 bridgehead atoms. The van der Waals surface area contributed by atoms with Crippen LogP contribution >= 0.6 is 27.3 Å². The Hall–Kier alpha value is -0.980. The van der Waals surface area contributed by atoms with Crippen LogP contribution < -0.4 is 5.32 Å². The molecule has 0 aliphatic rings. The second-order valence-corrected chi connectivity index (χ2v) is 6.77. The molecular weight excluding hydrogens is 345 g/mol. The lowest BCUT2D eigenvalue weighted by atomic mass is 10.2. The lowest BCUT2D eigenvalue weighted by molar-refractivity contribution is 0.0956. The van der Waals surface area contributed by atoms with Crippen molar-refractivity contribution >= 4 is 43.3 Å². The Labute approximate surface area is 129 Å². The zero-order valence-electron chi connectivity index (χ0n) is 11.0. The lowest BCUT2D eigenvalue weighted by Gasteiger charge is -2.08. The minimum atomic E-state index is -0.284. The predicted octanol–water partition coefficient (Wildman–Crippen LogP) is 3.57. The van der Waals surface area contributed by atoms with Crippen molar-refractivity contribution < 1.29 is 13.9 Å². The summed E-state index contributed by atoms with van der Waals surface area (Å²) in [6, 6.07) is 6.32. The number of hydrogen-bond donors (Lipinski definition) is 1. The number of alkyl halides is 1. The molecule has 1 atom stereocenters. The van der Waals surface area contributed by atoms with Crippen LogP contribution in [0.2, 0.25) is 0 Å². The molecule has 0 radical (unpaired) electrons. The first kappa shape index (κ1) is 15.4. The first-order valence-corrected chi connectivity index (χ1v) is 7.93. The number of ether oxygens (including phenoxy) is 1. The van der Waals surface area contributed by atoms with Gasteiger partial charge in [0, 0.05) is 23.2 Å². The van der Waals surface area contributed by atoms with E-state index in [1.165, 1.54) is 23.5 Å². The minimum Gasteiger partial charge on any atom is -0.384 e. The Morgan fingerprint density at radius 2 is 2.30 bits per heavy atom. The molecule has 0 fully saturated rings. The molecule has 108 valence electrons. The van der Waals surface area contributed by atoms with Gasteiger partial charge in [-0.2, -0.15) is 0 Å². The Morgan fingerprint density at radius 3 is 3.05 bits per heavy atom. The quantitative estimate of drug-likeness (QED) is 0.800. The number of thiophene rings is 1. The van der Waals surface area contributed by atoms with Crippen LogP contribution in [0.4, 0.5) is 4.39 Å². The zero-order valence-corrected chi connectivity index (χ0v) is 13.4. The maximum atomic E-state index is 13.1. The van der Waals surface area contributed by atoms with Gasteiger partial charge >= 0.3 is 0 Å². The van der Waals surface area contributed by atoms with Gasteiger partial charge in [-0.25, -0.2) is 4.39 Å². The SMILES string of the molecule is COCC(Br)CCNC(=O)c1cc2ccc(F)cc2s1. The largest absolute Gasteiger partial charge is 0.384 e. The molecule has 1 unspecified atom stereocenters. The first-order chi connectivity index (χ1) is 9.60. The van der Waals surface area contributed by atoms with Crippen molar-refractivity contribution in [2.24, 2.45) is 0 Å². The molecule has 20 heavy (non-hydrogen) atoms. The molecule has 1 aromatic heterocycles. The van der Waals surface area contributed by atoms with Gasteiger partial charge in [-0.1, -0.05) is 22.0 Å². The average Bonchev–Trinajstić information content (AvgIpc) is 2.82. The molecular formula is C14H15BrFNO2S. The van der Waals surface area contributed by atoms with E-state index in [-0.39, 0.29) is 16.6 Å². The summed E-state index contributed by atoms with van der Waals surface area (Å²) >= 11 is 4.77. The van der Waals surface area contributed by atoms with Crippen molar-refractivity contribution in [1.82, 2.24) is 5.32 Å². The van der Waals surface area contributed by atoms with Crippen LogP contribution in [0.1, 0.15) is 16.1 Å². The average molecular weight is 360 g/mol. The molecule has 2 rings (SSSR count). The highest BCUT2D eigenvalue weighted by Crippen LogP contribution is 2.26. The van der Waals surface area contributed by atoms with Gasteiger partial charge in [0.1, 0.15) is 5.82 Å². The summed E-state index contributed by atoms with van der Waals surface area (Å²) in [5.74, 6) is -0.406. The van der Waals surface area contributed by atoms with E-state index in [0.29, 0.717) is 18.0 Å². The second kappa shape index (κ2) is 7.15. The number of methoxy groups -OCH3 is 1. The van der Waals surface area contributed by atoms with Gasteiger partial charge in [0.05, 0.1) is 11.5 Å². The molecule has 2 aromatic rings. The van der Waals surface area contributed by atoms with E-state index in [1.807, 2.05) is 0 Å². The number of carbonyl (C=O) groups is 1. The Bertz CT molecular complexity index is 602. The summed E-state index contributed by atoms with van der Waals surface area (Å²) in [5.41, 5.74) is 0. The van der Waals surface area contributed by atoms with Crippen molar-refractivity contribution in [3.63, 3.8) is 0 Å². The molecule has 0 saturated heterocycles. The molecule has 6 heteroatoms. The number of fused-ring (bicyclic) bond motifs is 1. The smallest absolute Gasteiger partial charge is 0.261 e. The number of hydrogen-bond acceptors (Lipinski definition) is 3. The summed E-state index contributed by atoms with van der Waals surface area (Å²) in [7, 11) is 1.64. The maximum absolute atomic E-state index is 13.1. The molecule has 1 heterocycles. The molecule has 0 spiro atoms. The van der Waals surface area contributed by atoms with E-state index in [1.54, 1.807) is 19.2 Å². The van der Waals surface area contributed by atoms with Crippen LogP contribution in [0, 0.1) is 5.82 Å². The molecule has 0 aliphatic carbocycles. The third-order valence-corrected chi connectivity index (χ3v) is 4.62. The molecule has 1 amide bonds. The van der Waals surface area contributed by atoms with Crippen LogP contribution in [0.15, 0.2) is 24.3 Å². The topological polar surface area (TPSA) is 38.3 Å². The van der Waals surface area contributed by atoms with E-state index < -0.39 is 0 Å². The highest BCUT2D eigenvalue weighted by atomic mass is 79.9. The standard InChI is InChI=1S/C14H15BrFNO2S/c1-19-8-10(15)4-5-17-14(18)13-6-9-2-3-11(16)7-12(9)20-13/h2-3,6-7,10H,4-5,8H2,1H3,(H,17,18). The molecule has 1 aromatic carbocycles. The van der Waals surface area contributed by atoms with Gasteiger partial charge < -0.3 is 10.1 Å². The summed E-state index contributed by atoms with van der Waals surface area (Å²) in [6.45, 7) is 1.18. The van der Waals surface area contributed by atoms with Gasteiger partial charge in [-0.3, -0.25) is 4.79 Å². The number of nitrogens with one attached hydrogen (secondary N) is 1. The summed E-state index contributed by atoms with van der Waals surface area (Å²) in [4.78, 5) is 12.8. The molecule has 0 aliphatic heterocycles. The number of benzene rings is 1. The molecule has 3 nitrogen and oxygen atoms in total. The van der Waals surface area contributed by atoms with Gasteiger partial charge in [-0.05, 0) is 30.0 Å². The van der Waals surface area contributed by atoms with Gasteiger partial charge in [0.2, 0.25) is 0 Å². The van der Waals surface area contributed by atoms with Gasteiger partial charge in [0.25, 0.3) is 5.91 Å². The van der Waals surface area contributed by atoms with Gasteiger partial charge in [-0.15, -0.1) is 11.3 Å². The van der Waals surface area contributed by atoms with E-state index >= 15 is 0 Å². The van der Waals surface area contributed by atoms with E-state index in [4.69, 9.17) is 4.74 Å². The fourth-order valence-electron chi connectivity index (χ4n) is 1.81. The van der Waals surface area contributed by atoms with Crippen LogP contribution in [0.5, 0.6) is 0 Å². The van der Waals surface area contributed by atoms with Crippen molar-refractivity contribution in [2.75, 3.05) is 20.3 Å². The second-order valence-electron chi connectivity index (χ2n) is 4.39. The Kier molecular flexibility index (Phi) is 5.51. The van der Waals surface area contributed by atoms with Crippen molar-refractivity contribution in [3.05, 3.63) is 35.0 Å². The van der Waals surface area contributed by atoms with E-state index in [0.717, 1.165) is 16.5 Å². The van der Waals surface area contributed by atoms with Crippen molar-refractivity contribution in [3.8, 4) is 0 Å². The van der Waals surface area contributed by atoms with Crippen molar-refractivity contribution in [1.29, 1.82) is 0 Å². The van der Waals surface area contributed by atoms with Crippen molar-refractivity contribution in [2.45, 2.75) is 11.2 Å². The number of rotatable bonds is 6. The van der Waals surface area contributed by atoms with Crippen LogP contribution in [-0.4, -0.2) is 31.0 Å². The van der Waals surface area contributed by atoms with E-state index in [9.17, 15) is 9.18 Å². The molecule has 1 N–H and O–H groups in total.